The van der Waals surface area contributed by atoms with Crippen LogP contribution in [0.3, 0.4) is 0 Å². The summed E-state index contributed by atoms with van der Waals surface area (Å²) < 4.78 is 0. The van der Waals surface area contributed by atoms with Crippen LogP contribution >= 0.6 is 11.6 Å². The lowest BCUT2D eigenvalue weighted by Crippen LogP contribution is -2.55. The maximum atomic E-state index is 10.6. The molecular weight excluding hydrogens is 334 g/mol. The predicted octanol–water partition coefficient (Wildman–Crippen LogP) is 2.76. The number of nitrogens with one attached hydrogen (secondary N) is 1. The van der Waals surface area contributed by atoms with Crippen molar-refractivity contribution in [3.05, 3.63) is 35.4 Å². The first-order valence-corrected chi connectivity index (χ1v) is 9.81. The van der Waals surface area contributed by atoms with Crippen molar-refractivity contribution >= 4 is 17.9 Å². The van der Waals surface area contributed by atoms with Crippen molar-refractivity contribution in [2.75, 3.05) is 53.7 Å². The van der Waals surface area contributed by atoms with Gasteiger partial charge in [-0.2, -0.15) is 0 Å². The first kappa shape index (κ1) is 22.1. The number of piperidine rings is 1. The Balaban J connectivity index is 0.000000461. The molecule has 4 nitrogen and oxygen atoms in total. The normalized spacial score (nSPS) is 18.5. The van der Waals surface area contributed by atoms with Crippen LogP contribution in [0.25, 0.3) is 0 Å². The molecular formula is C20H34ClN3O. The van der Waals surface area contributed by atoms with Crippen molar-refractivity contribution < 1.29 is 4.79 Å². The van der Waals surface area contributed by atoms with E-state index in [1.54, 1.807) is 0 Å². The number of aldehydes is 1. The van der Waals surface area contributed by atoms with Gasteiger partial charge in [0.15, 0.2) is 0 Å². The summed E-state index contributed by atoms with van der Waals surface area (Å²) in [6.45, 7) is 4.86. The van der Waals surface area contributed by atoms with Crippen LogP contribution in [0.5, 0.6) is 0 Å². The number of carbonyl (C=O) groups is 1. The van der Waals surface area contributed by atoms with Crippen LogP contribution in [-0.4, -0.2) is 75.8 Å². The molecule has 1 N–H and O–H groups in total. The van der Waals surface area contributed by atoms with E-state index in [4.69, 9.17) is 0 Å². The van der Waals surface area contributed by atoms with E-state index in [-0.39, 0.29) is 0 Å². The molecule has 2 aliphatic rings. The molecule has 5 heteroatoms. The molecule has 2 heterocycles. The number of alkyl halides is 1. The van der Waals surface area contributed by atoms with Gasteiger partial charge in [0, 0.05) is 31.1 Å². The maximum absolute atomic E-state index is 10.6. The summed E-state index contributed by atoms with van der Waals surface area (Å²) in [7, 11) is 6.00. The number of carbonyl (C=O) groups excluding carboxylic acids is 1. The minimum Gasteiger partial charge on any atom is -0.317 e. The van der Waals surface area contributed by atoms with Crippen molar-refractivity contribution in [2.45, 2.75) is 25.3 Å². The van der Waals surface area contributed by atoms with Gasteiger partial charge in [-0.05, 0) is 65.0 Å². The van der Waals surface area contributed by atoms with Crippen LogP contribution in [0.1, 0.15) is 28.8 Å². The molecule has 0 saturated carbocycles. The summed E-state index contributed by atoms with van der Waals surface area (Å²) in [4.78, 5) is 15.3. The standard InChI is InChI=1S/C16H22N2O.C3H9N.CH3Cl/c19-12-14-3-1-13(2-4-14)9-15-10-18(11-15)16-5-7-17-8-6-16;1-4(2)3;1-2/h1-4,12,15-17H,5-11H2;1-3H3;1H3. The lowest BCUT2D eigenvalue weighted by molar-refractivity contribution is 0.0386. The Hall–Kier alpha value is -0.940. The summed E-state index contributed by atoms with van der Waals surface area (Å²) in [5.41, 5.74) is 2.13. The Morgan fingerprint density at radius 2 is 1.64 bits per heavy atom. The molecule has 0 bridgehead atoms. The van der Waals surface area contributed by atoms with E-state index in [9.17, 15) is 4.79 Å². The zero-order chi connectivity index (χ0) is 18.7. The summed E-state index contributed by atoms with van der Waals surface area (Å²) in [6, 6.07) is 8.85. The maximum Gasteiger partial charge on any atom is 0.150 e. The number of hydrogen-bond acceptors (Lipinski definition) is 4. The minimum absolute atomic E-state index is 0.772. The second kappa shape index (κ2) is 12.4. The van der Waals surface area contributed by atoms with E-state index in [1.165, 1.54) is 51.0 Å². The lowest BCUT2D eigenvalue weighted by atomic mass is 9.88. The van der Waals surface area contributed by atoms with Crippen LogP contribution in [-0.2, 0) is 6.42 Å². The fourth-order valence-corrected chi connectivity index (χ4v) is 3.27. The van der Waals surface area contributed by atoms with Gasteiger partial charge in [-0.1, -0.05) is 24.3 Å². The highest BCUT2D eigenvalue weighted by Gasteiger charge is 2.32. The third-order valence-electron chi connectivity index (χ3n) is 4.45. The van der Waals surface area contributed by atoms with E-state index in [2.05, 4.69) is 34.0 Å². The monoisotopic (exact) mass is 367 g/mol. The van der Waals surface area contributed by atoms with Gasteiger partial charge >= 0.3 is 0 Å². The van der Waals surface area contributed by atoms with Crippen molar-refractivity contribution in [1.29, 1.82) is 0 Å². The zero-order valence-electron chi connectivity index (χ0n) is 16.2. The molecule has 0 amide bonds. The summed E-state index contributed by atoms with van der Waals surface area (Å²) in [5.74, 6) is 0.803. The van der Waals surface area contributed by atoms with Gasteiger partial charge in [0.2, 0.25) is 0 Å². The van der Waals surface area contributed by atoms with E-state index >= 15 is 0 Å². The highest BCUT2D eigenvalue weighted by atomic mass is 35.5. The molecule has 0 radical (unpaired) electrons. The van der Waals surface area contributed by atoms with E-state index in [0.717, 1.165) is 30.2 Å². The second-order valence-corrected chi connectivity index (χ2v) is 7.21. The summed E-state index contributed by atoms with van der Waals surface area (Å²) in [5, 5.41) is 3.42. The van der Waals surface area contributed by atoms with Gasteiger partial charge in [0.05, 0.1) is 0 Å². The largest absolute Gasteiger partial charge is 0.317 e. The Morgan fingerprint density at radius 1 is 1.12 bits per heavy atom. The van der Waals surface area contributed by atoms with Crippen LogP contribution < -0.4 is 5.32 Å². The highest BCUT2D eigenvalue weighted by molar-refractivity contribution is 6.15. The molecule has 0 unspecified atom stereocenters. The van der Waals surface area contributed by atoms with Crippen molar-refractivity contribution in [2.24, 2.45) is 5.92 Å². The lowest BCUT2D eigenvalue weighted by Gasteiger charge is -2.46. The number of halogens is 1. The Morgan fingerprint density at radius 3 is 2.12 bits per heavy atom. The van der Waals surface area contributed by atoms with E-state index in [0.29, 0.717) is 0 Å². The molecule has 3 rings (SSSR count). The first-order valence-electron chi connectivity index (χ1n) is 9.06. The van der Waals surface area contributed by atoms with Gasteiger partial charge in [0.1, 0.15) is 6.29 Å². The quantitative estimate of drug-likeness (QED) is 0.655. The molecule has 1 aromatic rings. The van der Waals surface area contributed by atoms with Crippen molar-refractivity contribution in [3.8, 4) is 0 Å². The molecule has 2 aliphatic heterocycles. The average Bonchev–Trinajstić information content (AvgIpc) is 2.60. The summed E-state index contributed by atoms with van der Waals surface area (Å²) >= 11 is 4.64. The first-order chi connectivity index (χ1) is 12.1. The molecule has 25 heavy (non-hydrogen) atoms. The van der Waals surface area contributed by atoms with Gasteiger partial charge in [-0.25, -0.2) is 0 Å². The van der Waals surface area contributed by atoms with Crippen LogP contribution in [0.2, 0.25) is 0 Å². The Labute approximate surface area is 158 Å². The zero-order valence-corrected chi connectivity index (χ0v) is 16.9. The Kier molecular flexibility index (Phi) is 11.0. The second-order valence-electron chi connectivity index (χ2n) is 7.21. The topological polar surface area (TPSA) is 35.6 Å². The predicted molar refractivity (Wildman–Crippen MR) is 108 cm³/mol. The molecule has 142 valence electrons. The fraction of sp³-hybridized carbons (Fsp3) is 0.650. The number of benzene rings is 1. The van der Waals surface area contributed by atoms with Gasteiger partial charge < -0.3 is 10.2 Å². The molecule has 2 saturated heterocycles. The van der Waals surface area contributed by atoms with Crippen molar-refractivity contribution in [3.63, 3.8) is 0 Å². The highest BCUT2D eigenvalue weighted by Crippen LogP contribution is 2.25. The van der Waals surface area contributed by atoms with Gasteiger partial charge in [-0.3, -0.25) is 9.69 Å². The fourth-order valence-electron chi connectivity index (χ4n) is 3.27. The summed E-state index contributed by atoms with van der Waals surface area (Å²) in [6.07, 6.45) is 6.15. The number of hydrogen-bond donors (Lipinski definition) is 1. The van der Waals surface area contributed by atoms with E-state index in [1.807, 2.05) is 38.2 Å². The molecule has 0 aliphatic carbocycles. The van der Waals surface area contributed by atoms with Crippen LogP contribution in [0, 0.1) is 5.92 Å². The smallest absolute Gasteiger partial charge is 0.150 e. The molecule has 1 aromatic carbocycles. The van der Waals surface area contributed by atoms with Gasteiger partial charge in [-0.15, -0.1) is 11.6 Å². The average molecular weight is 368 g/mol. The third-order valence-corrected chi connectivity index (χ3v) is 4.45. The van der Waals surface area contributed by atoms with Gasteiger partial charge in [0.25, 0.3) is 0 Å². The Bertz CT molecular complexity index is 464. The minimum atomic E-state index is 0.772. The number of rotatable bonds is 4. The number of likely N-dealkylation sites (tertiary alicyclic amines) is 1. The third kappa shape index (κ3) is 8.32. The SMILES string of the molecule is CCl.CN(C)C.O=Cc1ccc(CC2CN(C3CCNCC3)C2)cc1. The van der Waals surface area contributed by atoms with Crippen molar-refractivity contribution in [1.82, 2.24) is 15.1 Å². The van der Waals surface area contributed by atoms with E-state index < -0.39 is 0 Å². The van der Waals surface area contributed by atoms with Crippen LogP contribution in [0.4, 0.5) is 0 Å². The molecule has 2 fully saturated rings. The molecule has 0 spiro atoms. The molecule has 0 atom stereocenters. The molecule has 0 aromatic heterocycles. The van der Waals surface area contributed by atoms with Crippen LogP contribution in [0.15, 0.2) is 24.3 Å². The number of nitrogens with zero attached hydrogens (tertiary/aromatic N) is 2.